The Morgan fingerprint density at radius 1 is 1.18 bits per heavy atom. The van der Waals surface area contributed by atoms with Crippen LogP contribution in [0.1, 0.15) is 44.6 Å². The Morgan fingerprint density at radius 2 is 1.86 bits per heavy atom. The molecule has 2 fully saturated rings. The molecular weight excluding hydrogens is 446 g/mol. The van der Waals surface area contributed by atoms with Crippen LogP contribution in [0.15, 0.2) is 21.5 Å². The summed E-state index contributed by atoms with van der Waals surface area (Å²) in [5, 5.41) is 4.16. The highest BCUT2D eigenvalue weighted by Crippen LogP contribution is 2.31. The zero-order valence-electron chi connectivity index (χ0n) is 15.8. The highest BCUT2D eigenvalue weighted by molar-refractivity contribution is 9.10. The molecule has 0 radical (unpaired) electrons. The Balaban J connectivity index is 1.60. The fraction of sp³-hybridized carbons (Fsp3) is 0.611. The molecule has 8 nitrogen and oxygen atoms in total. The first kappa shape index (κ1) is 19.8. The first-order valence-corrected chi connectivity index (χ1v) is 12.3. The molecule has 4 rings (SSSR count). The standard InChI is InChI=1S/C18H24BrN5O3S/c1-28(26,27)23-8-6-13(7-9-23)21-18-20-11-12-10-15(19)17(25)24(16(12)22-18)14-4-2-3-5-14/h10-11,13-14H,2-9H2,1H3,(H,20,21,22). The molecule has 0 amide bonds. The van der Waals surface area contributed by atoms with Crippen LogP contribution in [-0.4, -0.2) is 52.6 Å². The Hall–Kier alpha value is -1.52. The van der Waals surface area contributed by atoms with Crippen LogP contribution in [0.3, 0.4) is 0 Å². The third kappa shape index (κ3) is 3.95. The molecule has 0 spiro atoms. The van der Waals surface area contributed by atoms with E-state index in [2.05, 4.69) is 31.2 Å². The van der Waals surface area contributed by atoms with Gasteiger partial charge >= 0.3 is 0 Å². The minimum Gasteiger partial charge on any atom is -0.351 e. The fourth-order valence-corrected chi connectivity index (χ4v) is 5.48. The molecule has 2 aromatic rings. The molecule has 1 saturated heterocycles. The average molecular weight is 470 g/mol. The highest BCUT2D eigenvalue weighted by Gasteiger charge is 2.26. The molecule has 3 heterocycles. The lowest BCUT2D eigenvalue weighted by molar-refractivity contribution is 0.331. The van der Waals surface area contributed by atoms with E-state index in [4.69, 9.17) is 0 Å². The van der Waals surface area contributed by atoms with E-state index >= 15 is 0 Å². The summed E-state index contributed by atoms with van der Waals surface area (Å²) < 4.78 is 27.2. The fourth-order valence-electron chi connectivity index (χ4n) is 4.17. The quantitative estimate of drug-likeness (QED) is 0.738. The van der Waals surface area contributed by atoms with Crippen LogP contribution in [0.25, 0.3) is 11.0 Å². The van der Waals surface area contributed by atoms with Gasteiger partial charge in [0.2, 0.25) is 16.0 Å². The van der Waals surface area contributed by atoms with Crippen molar-refractivity contribution in [1.29, 1.82) is 0 Å². The summed E-state index contributed by atoms with van der Waals surface area (Å²) >= 11 is 3.38. The molecule has 2 aromatic heterocycles. The third-order valence-corrected chi connectivity index (χ3v) is 7.55. The molecule has 2 aliphatic rings. The minimum atomic E-state index is -3.14. The van der Waals surface area contributed by atoms with Gasteiger partial charge in [-0.2, -0.15) is 4.98 Å². The van der Waals surface area contributed by atoms with Crippen molar-refractivity contribution in [1.82, 2.24) is 18.8 Å². The minimum absolute atomic E-state index is 0.0505. The Bertz CT molecular complexity index is 1040. The second kappa shape index (κ2) is 7.72. The number of aromatic nitrogens is 3. The number of piperidine rings is 1. The maximum absolute atomic E-state index is 12.8. The van der Waals surface area contributed by atoms with Crippen molar-refractivity contribution in [2.24, 2.45) is 0 Å². The summed E-state index contributed by atoms with van der Waals surface area (Å²) in [5.74, 6) is 0.485. The first-order chi connectivity index (χ1) is 13.3. The van der Waals surface area contributed by atoms with E-state index in [1.54, 1.807) is 12.3 Å². The second-order valence-corrected chi connectivity index (χ2v) is 10.5. The van der Waals surface area contributed by atoms with E-state index in [0.717, 1.165) is 31.1 Å². The maximum Gasteiger partial charge on any atom is 0.266 e. The molecule has 152 valence electrons. The van der Waals surface area contributed by atoms with Crippen molar-refractivity contribution >= 4 is 42.9 Å². The van der Waals surface area contributed by atoms with Crippen molar-refractivity contribution in [2.45, 2.75) is 50.6 Å². The molecule has 0 unspecified atom stereocenters. The summed E-state index contributed by atoms with van der Waals surface area (Å²) in [6.45, 7) is 0.980. The molecule has 1 aliphatic carbocycles. The molecule has 1 saturated carbocycles. The number of anilines is 1. The van der Waals surface area contributed by atoms with E-state index in [1.165, 1.54) is 10.6 Å². The van der Waals surface area contributed by atoms with Crippen LogP contribution < -0.4 is 10.9 Å². The van der Waals surface area contributed by atoms with Crippen LogP contribution in [0, 0.1) is 0 Å². The lowest BCUT2D eigenvalue weighted by atomic mass is 10.1. The third-order valence-electron chi connectivity index (χ3n) is 5.68. The molecule has 10 heteroatoms. The molecule has 0 aromatic carbocycles. The average Bonchev–Trinajstić information content (AvgIpc) is 3.17. The monoisotopic (exact) mass is 469 g/mol. The lowest BCUT2D eigenvalue weighted by Gasteiger charge is -2.30. The summed E-state index contributed by atoms with van der Waals surface area (Å²) in [4.78, 5) is 21.9. The molecule has 0 atom stereocenters. The zero-order chi connectivity index (χ0) is 19.9. The predicted octanol–water partition coefficient (Wildman–Crippen LogP) is 2.51. The second-order valence-electron chi connectivity index (χ2n) is 7.66. The van der Waals surface area contributed by atoms with E-state index < -0.39 is 10.0 Å². The van der Waals surface area contributed by atoms with Gasteiger partial charge in [-0.05, 0) is 47.7 Å². The summed E-state index contributed by atoms with van der Waals surface area (Å²) in [6.07, 6.45) is 8.61. The number of fused-ring (bicyclic) bond motifs is 1. The van der Waals surface area contributed by atoms with Gasteiger partial charge < -0.3 is 5.32 Å². The van der Waals surface area contributed by atoms with Crippen LogP contribution in [0.5, 0.6) is 0 Å². The van der Waals surface area contributed by atoms with E-state index in [1.807, 2.05) is 4.57 Å². The number of rotatable bonds is 4. The summed E-state index contributed by atoms with van der Waals surface area (Å²) in [6, 6.07) is 2.06. The molecular formula is C18H24BrN5O3S. The number of pyridine rings is 1. The largest absolute Gasteiger partial charge is 0.351 e. The zero-order valence-corrected chi connectivity index (χ0v) is 18.2. The Morgan fingerprint density at radius 3 is 2.50 bits per heavy atom. The Kier molecular flexibility index (Phi) is 5.45. The van der Waals surface area contributed by atoms with Gasteiger partial charge in [-0.1, -0.05) is 12.8 Å². The first-order valence-electron chi connectivity index (χ1n) is 9.62. The van der Waals surface area contributed by atoms with E-state index in [0.29, 0.717) is 42.0 Å². The number of sulfonamides is 1. The van der Waals surface area contributed by atoms with Crippen molar-refractivity contribution in [3.63, 3.8) is 0 Å². The van der Waals surface area contributed by atoms with Crippen LogP contribution >= 0.6 is 15.9 Å². The van der Waals surface area contributed by atoms with Gasteiger partial charge in [-0.15, -0.1) is 0 Å². The van der Waals surface area contributed by atoms with Crippen molar-refractivity contribution in [3.05, 3.63) is 27.1 Å². The van der Waals surface area contributed by atoms with Gasteiger partial charge in [-0.3, -0.25) is 9.36 Å². The maximum atomic E-state index is 12.8. The van der Waals surface area contributed by atoms with Gasteiger partial charge in [0.1, 0.15) is 5.65 Å². The van der Waals surface area contributed by atoms with Gasteiger partial charge in [0, 0.05) is 36.8 Å². The number of hydrogen-bond donors (Lipinski definition) is 1. The lowest BCUT2D eigenvalue weighted by Crippen LogP contribution is -2.42. The number of halogens is 1. The summed E-state index contributed by atoms with van der Waals surface area (Å²) in [5.41, 5.74) is 0.608. The normalized spacial score (nSPS) is 20.1. The van der Waals surface area contributed by atoms with Gasteiger partial charge in [-0.25, -0.2) is 17.7 Å². The number of nitrogens with zero attached hydrogens (tertiary/aromatic N) is 4. The van der Waals surface area contributed by atoms with Gasteiger partial charge in [0.15, 0.2) is 0 Å². The number of hydrogen-bond acceptors (Lipinski definition) is 6. The van der Waals surface area contributed by atoms with Crippen LogP contribution in [0.2, 0.25) is 0 Å². The summed E-state index contributed by atoms with van der Waals surface area (Å²) in [7, 11) is -3.14. The van der Waals surface area contributed by atoms with Crippen molar-refractivity contribution in [2.75, 3.05) is 24.7 Å². The Labute approximate surface area is 172 Å². The molecule has 1 N–H and O–H groups in total. The van der Waals surface area contributed by atoms with Gasteiger partial charge in [0.05, 0.1) is 10.7 Å². The topological polar surface area (TPSA) is 97.2 Å². The van der Waals surface area contributed by atoms with E-state index in [-0.39, 0.29) is 17.6 Å². The van der Waals surface area contributed by atoms with Crippen LogP contribution in [-0.2, 0) is 10.0 Å². The predicted molar refractivity (Wildman–Crippen MR) is 112 cm³/mol. The van der Waals surface area contributed by atoms with Crippen molar-refractivity contribution < 1.29 is 8.42 Å². The smallest absolute Gasteiger partial charge is 0.266 e. The molecule has 0 bridgehead atoms. The molecule has 1 aliphatic heterocycles. The molecule has 28 heavy (non-hydrogen) atoms. The SMILES string of the molecule is CS(=O)(=O)N1CCC(Nc2ncc3cc(Br)c(=O)n(C4CCCC4)c3n2)CC1. The van der Waals surface area contributed by atoms with Crippen LogP contribution in [0.4, 0.5) is 5.95 Å². The van der Waals surface area contributed by atoms with Crippen molar-refractivity contribution in [3.8, 4) is 0 Å². The number of nitrogens with one attached hydrogen (secondary N) is 1. The van der Waals surface area contributed by atoms with Gasteiger partial charge in [0.25, 0.3) is 5.56 Å². The van der Waals surface area contributed by atoms with E-state index in [9.17, 15) is 13.2 Å². The highest BCUT2D eigenvalue weighted by atomic mass is 79.9.